The average Bonchev–Trinajstić information content (AvgIpc) is 3.62. The lowest BCUT2D eigenvalue weighted by molar-refractivity contribution is -0.126. The largest absolute Gasteiger partial charge is 0.459 e. The van der Waals surface area contributed by atoms with Gasteiger partial charge in [0.25, 0.3) is 5.91 Å². The molecular formula is C26H25ClN2O5. The first kappa shape index (κ1) is 22.3. The van der Waals surface area contributed by atoms with E-state index in [4.69, 9.17) is 25.5 Å². The van der Waals surface area contributed by atoms with Gasteiger partial charge in [-0.25, -0.2) is 0 Å². The summed E-state index contributed by atoms with van der Waals surface area (Å²) in [5.41, 5.74) is 1.47. The Hall–Kier alpha value is -3.45. The molecule has 2 heterocycles. The molecule has 0 saturated heterocycles. The van der Waals surface area contributed by atoms with Gasteiger partial charge in [0.15, 0.2) is 17.3 Å². The van der Waals surface area contributed by atoms with E-state index in [1.165, 1.54) is 11.2 Å². The van der Waals surface area contributed by atoms with Crippen LogP contribution in [0.4, 0.5) is 0 Å². The molecule has 34 heavy (non-hydrogen) atoms. The lowest BCUT2D eigenvalue weighted by Crippen LogP contribution is -2.45. The number of benzene rings is 2. The van der Waals surface area contributed by atoms with Crippen LogP contribution in [0.3, 0.4) is 0 Å². The summed E-state index contributed by atoms with van der Waals surface area (Å²) >= 11 is 6.12. The van der Waals surface area contributed by atoms with Crippen LogP contribution in [0.5, 0.6) is 11.5 Å². The van der Waals surface area contributed by atoms with E-state index in [-0.39, 0.29) is 37.0 Å². The van der Waals surface area contributed by atoms with Crippen molar-refractivity contribution in [2.75, 3.05) is 6.79 Å². The van der Waals surface area contributed by atoms with Crippen LogP contribution in [-0.4, -0.2) is 29.5 Å². The van der Waals surface area contributed by atoms with Gasteiger partial charge >= 0.3 is 0 Å². The van der Waals surface area contributed by atoms with E-state index >= 15 is 0 Å². The van der Waals surface area contributed by atoms with E-state index in [0.717, 1.165) is 31.2 Å². The summed E-state index contributed by atoms with van der Waals surface area (Å²) in [7, 11) is 0. The highest BCUT2D eigenvalue weighted by atomic mass is 35.5. The highest BCUT2D eigenvalue weighted by molar-refractivity contribution is 6.30. The molecule has 176 valence electrons. The quantitative estimate of drug-likeness (QED) is 0.508. The molecule has 0 radical (unpaired) electrons. The van der Waals surface area contributed by atoms with Crippen LogP contribution < -0.4 is 14.8 Å². The number of halogens is 1. The smallest absolute Gasteiger partial charge is 0.290 e. The fourth-order valence-corrected chi connectivity index (χ4v) is 4.65. The van der Waals surface area contributed by atoms with Gasteiger partial charge in [0.2, 0.25) is 12.7 Å². The van der Waals surface area contributed by atoms with Crippen LogP contribution in [-0.2, 0) is 11.3 Å². The molecule has 1 aromatic heterocycles. The molecule has 2 aliphatic rings. The lowest BCUT2D eigenvalue weighted by atomic mass is 10.0. The van der Waals surface area contributed by atoms with Crippen LogP contribution in [0.15, 0.2) is 65.3 Å². The van der Waals surface area contributed by atoms with Crippen molar-refractivity contribution in [1.82, 2.24) is 10.2 Å². The zero-order chi connectivity index (χ0) is 23.5. The third-order valence-corrected chi connectivity index (χ3v) is 6.48. The summed E-state index contributed by atoms with van der Waals surface area (Å²) in [5.74, 6) is 0.815. The molecule has 1 fully saturated rings. The fraction of sp³-hybridized carbons (Fsp3) is 0.308. The SMILES string of the molecule is O=C(NC1CCCC1)C(c1ccc(Cl)cc1)N(Cc1ccc2c(c1)OCO2)C(=O)c1ccco1. The second-order valence-electron chi connectivity index (χ2n) is 8.54. The maximum Gasteiger partial charge on any atom is 0.290 e. The Morgan fingerprint density at radius 3 is 2.53 bits per heavy atom. The minimum Gasteiger partial charge on any atom is -0.459 e. The Balaban J connectivity index is 1.53. The summed E-state index contributed by atoms with van der Waals surface area (Å²) in [6.07, 6.45) is 5.49. The van der Waals surface area contributed by atoms with E-state index in [1.54, 1.807) is 36.4 Å². The number of furan rings is 1. The zero-order valence-electron chi connectivity index (χ0n) is 18.5. The number of hydrogen-bond donors (Lipinski definition) is 1. The van der Waals surface area contributed by atoms with Gasteiger partial charge in [0.05, 0.1) is 6.26 Å². The van der Waals surface area contributed by atoms with Gasteiger partial charge in [-0.3, -0.25) is 9.59 Å². The van der Waals surface area contributed by atoms with Crippen molar-refractivity contribution in [3.8, 4) is 11.5 Å². The van der Waals surface area contributed by atoms with Crippen molar-refractivity contribution in [2.24, 2.45) is 0 Å². The van der Waals surface area contributed by atoms with Gasteiger partial charge in [-0.15, -0.1) is 0 Å². The monoisotopic (exact) mass is 480 g/mol. The molecule has 5 rings (SSSR count). The molecule has 0 bridgehead atoms. The van der Waals surface area contributed by atoms with Crippen molar-refractivity contribution >= 4 is 23.4 Å². The first-order valence-electron chi connectivity index (χ1n) is 11.4. The first-order valence-corrected chi connectivity index (χ1v) is 11.7. The summed E-state index contributed by atoms with van der Waals surface area (Å²) in [5, 5.41) is 3.71. The number of ether oxygens (including phenoxy) is 2. The van der Waals surface area contributed by atoms with Crippen LogP contribution in [0.1, 0.15) is 53.4 Å². The van der Waals surface area contributed by atoms with Crippen molar-refractivity contribution in [3.05, 3.63) is 82.8 Å². The Morgan fingerprint density at radius 2 is 1.79 bits per heavy atom. The Bertz CT molecular complexity index is 1160. The number of nitrogens with one attached hydrogen (secondary N) is 1. The number of hydrogen-bond acceptors (Lipinski definition) is 5. The van der Waals surface area contributed by atoms with Crippen LogP contribution in [0.2, 0.25) is 5.02 Å². The average molecular weight is 481 g/mol. The maximum atomic E-state index is 13.7. The molecule has 2 amide bonds. The van der Waals surface area contributed by atoms with E-state index in [0.29, 0.717) is 22.1 Å². The van der Waals surface area contributed by atoms with Gasteiger partial charge in [0, 0.05) is 17.6 Å². The normalized spacial score (nSPS) is 15.8. The number of carbonyl (C=O) groups excluding carboxylic acids is 2. The van der Waals surface area contributed by atoms with Gasteiger partial charge < -0.3 is 24.1 Å². The summed E-state index contributed by atoms with van der Waals surface area (Å²) in [6, 6.07) is 15.0. The molecule has 1 unspecified atom stereocenters. The highest BCUT2D eigenvalue weighted by Crippen LogP contribution is 2.34. The number of nitrogens with zero attached hydrogens (tertiary/aromatic N) is 1. The van der Waals surface area contributed by atoms with E-state index in [2.05, 4.69) is 5.32 Å². The minimum atomic E-state index is -0.874. The summed E-state index contributed by atoms with van der Waals surface area (Å²) in [4.78, 5) is 28.8. The molecule has 1 atom stereocenters. The molecule has 1 N–H and O–H groups in total. The highest BCUT2D eigenvalue weighted by Gasteiger charge is 2.35. The molecular weight excluding hydrogens is 456 g/mol. The van der Waals surface area contributed by atoms with Gasteiger partial charge in [0.1, 0.15) is 6.04 Å². The predicted octanol–water partition coefficient (Wildman–Crippen LogP) is 5.10. The van der Waals surface area contributed by atoms with Crippen LogP contribution >= 0.6 is 11.6 Å². The molecule has 1 aliphatic carbocycles. The summed E-state index contributed by atoms with van der Waals surface area (Å²) in [6.45, 7) is 0.326. The first-order chi connectivity index (χ1) is 16.6. The van der Waals surface area contributed by atoms with E-state index in [9.17, 15) is 9.59 Å². The molecule has 7 nitrogen and oxygen atoms in total. The Morgan fingerprint density at radius 1 is 1.03 bits per heavy atom. The van der Waals surface area contributed by atoms with E-state index < -0.39 is 6.04 Å². The Kier molecular flexibility index (Phi) is 6.45. The fourth-order valence-electron chi connectivity index (χ4n) is 4.53. The molecule has 1 aliphatic heterocycles. The van der Waals surface area contributed by atoms with Gasteiger partial charge in [-0.05, 0) is 60.4 Å². The van der Waals surface area contributed by atoms with Crippen molar-refractivity contribution in [3.63, 3.8) is 0 Å². The predicted molar refractivity (Wildman–Crippen MR) is 126 cm³/mol. The van der Waals surface area contributed by atoms with Gasteiger partial charge in [-0.1, -0.05) is 42.6 Å². The molecule has 1 saturated carbocycles. The van der Waals surface area contributed by atoms with Crippen LogP contribution in [0, 0.1) is 0 Å². The van der Waals surface area contributed by atoms with Crippen molar-refractivity contribution < 1.29 is 23.5 Å². The molecule has 8 heteroatoms. The zero-order valence-corrected chi connectivity index (χ0v) is 19.3. The maximum absolute atomic E-state index is 13.7. The van der Waals surface area contributed by atoms with Crippen LogP contribution in [0.25, 0.3) is 0 Å². The Labute approximate surface area is 202 Å². The van der Waals surface area contributed by atoms with Gasteiger partial charge in [-0.2, -0.15) is 0 Å². The molecule has 0 spiro atoms. The summed E-state index contributed by atoms with van der Waals surface area (Å²) < 4.78 is 16.3. The van der Waals surface area contributed by atoms with Crippen molar-refractivity contribution in [1.29, 1.82) is 0 Å². The number of amides is 2. The minimum absolute atomic E-state index is 0.105. The van der Waals surface area contributed by atoms with Crippen molar-refractivity contribution in [2.45, 2.75) is 44.3 Å². The second kappa shape index (κ2) is 9.81. The third kappa shape index (κ3) is 4.75. The number of carbonyl (C=O) groups is 2. The third-order valence-electron chi connectivity index (χ3n) is 6.23. The number of rotatable bonds is 7. The standard InChI is InChI=1S/C26H25ClN2O5/c27-19-10-8-18(9-11-19)24(25(30)28-20-4-1-2-5-20)29(26(31)22-6-3-13-32-22)15-17-7-12-21-23(14-17)34-16-33-21/h3,6-14,20,24H,1-2,4-5,15-16H2,(H,28,30). The molecule has 2 aromatic carbocycles. The molecule has 3 aromatic rings. The lowest BCUT2D eigenvalue weighted by Gasteiger charge is -2.32. The topological polar surface area (TPSA) is 81.0 Å². The second-order valence-corrected chi connectivity index (χ2v) is 8.98. The number of fused-ring (bicyclic) bond motifs is 1. The van der Waals surface area contributed by atoms with E-state index in [1.807, 2.05) is 18.2 Å².